The molecule has 0 radical (unpaired) electrons. The summed E-state index contributed by atoms with van der Waals surface area (Å²) >= 11 is 0. The summed E-state index contributed by atoms with van der Waals surface area (Å²) in [6, 6.07) is 5.78. The average molecular weight is 826 g/mol. The number of nitrogens with one attached hydrogen (secondary N) is 4. The van der Waals surface area contributed by atoms with E-state index in [4.69, 9.17) is 0 Å². The Morgan fingerprint density at radius 2 is 1.68 bits per heavy atom. The van der Waals surface area contributed by atoms with E-state index in [1.807, 2.05) is 53.7 Å². The quantitative estimate of drug-likeness (QED) is 0.184. The largest absolute Gasteiger partial charge is 0.347 e. The lowest BCUT2D eigenvalue weighted by Crippen LogP contribution is -2.62. The number of nitrogens with zero attached hydrogens (tertiary/aromatic N) is 7. The summed E-state index contributed by atoms with van der Waals surface area (Å²) in [5.74, 6) is -1.66. The molecule has 2 aromatic heterocycles. The average Bonchev–Trinajstić information content (AvgIpc) is 3.69. The summed E-state index contributed by atoms with van der Waals surface area (Å²) in [6.07, 6.45) is 4.69. The van der Waals surface area contributed by atoms with E-state index in [9.17, 15) is 28.8 Å². The Hall–Kier alpha value is -6.13. The molecule has 3 atom stereocenters. The van der Waals surface area contributed by atoms with Crippen LogP contribution in [0.3, 0.4) is 0 Å². The van der Waals surface area contributed by atoms with Gasteiger partial charge in [0.05, 0.1) is 18.4 Å². The molecule has 60 heavy (non-hydrogen) atoms. The number of anilines is 4. The molecule has 0 unspecified atom stereocenters. The Bertz CT molecular complexity index is 2120. The highest BCUT2D eigenvalue weighted by Gasteiger charge is 2.42. The van der Waals surface area contributed by atoms with Gasteiger partial charge in [0.25, 0.3) is 5.91 Å². The molecule has 1 saturated heterocycles. The summed E-state index contributed by atoms with van der Waals surface area (Å²) in [7, 11) is 4.87. The molecular weight excluding hydrogens is 767 g/mol. The first-order chi connectivity index (χ1) is 28.2. The van der Waals surface area contributed by atoms with Crippen LogP contribution in [-0.4, -0.2) is 112 Å². The van der Waals surface area contributed by atoms with Crippen molar-refractivity contribution in [2.24, 2.45) is 11.8 Å². The highest BCUT2D eigenvalue weighted by Crippen LogP contribution is 2.33. The number of hydrogen-bond acceptors (Lipinski definition) is 10. The van der Waals surface area contributed by atoms with Crippen LogP contribution >= 0.6 is 0 Å². The van der Waals surface area contributed by atoms with Gasteiger partial charge in [-0.25, -0.2) is 9.78 Å². The topological polar surface area (TPSA) is 202 Å². The number of aromatic nitrogens is 3. The monoisotopic (exact) mass is 825 g/mol. The molecule has 2 aliphatic rings. The molecule has 322 valence electrons. The van der Waals surface area contributed by atoms with Crippen molar-refractivity contribution in [1.82, 2.24) is 40.7 Å². The van der Waals surface area contributed by atoms with Crippen LogP contribution < -0.4 is 31.1 Å². The highest BCUT2D eigenvalue weighted by molar-refractivity contribution is 6.07. The zero-order chi connectivity index (χ0) is 44.2. The molecular formula is C43H59N11O6. The molecule has 4 heterocycles. The van der Waals surface area contributed by atoms with Gasteiger partial charge in [-0.15, -0.1) is 0 Å². The summed E-state index contributed by atoms with van der Waals surface area (Å²) in [5, 5.41) is 11.6. The molecule has 0 saturated carbocycles. The minimum Gasteiger partial charge on any atom is -0.347 e. The van der Waals surface area contributed by atoms with E-state index in [1.54, 1.807) is 70.5 Å². The molecule has 4 N–H and O–H groups in total. The van der Waals surface area contributed by atoms with Crippen molar-refractivity contribution < 1.29 is 28.8 Å². The van der Waals surface area contributed by atoms with Crippen molar-refractivity contribution >= 4 is 58.7 Å². The van der Waals surface area contributed by atoms with E-state index in [-0.39, 0.29) is 35.9 Å². The number of hydrogen-bond donors (Lipinski definition) is 4. The number of urea groups is 1. The summed E-state index contributed by atoms with van der Waals surface area (Å²) in [5.41, 5.74) is 2.38. The fourth-order valence-corrected chi connectivity index (χ4v) is 7.28. The van der Waals surface area contributed by atoms with Crippen LogP contribution in [0.15, 0.2) is 42.7 Å². The number of fused-ring (bicyclic) bond motifs is 1. The number of pyridine rings is 1. The zero-order valence-corrected chi connectivity index (χ0v) is 36.5. The van der Waals surface area contributed by atoms with Crippen molar-refractivity contribution in [2.45, 2.75) is 105 Å². The Balaban J connectivity index is 1.28. The maximum atomic E-state index is 14.2. The summed E-state index contributed by atoms with van der Waals surface area (Å²) in [6.45, 7) is 14.8. The third-order valence-electron chi connectivity index (χ3n) is 10.7. The number of rotatable bonds is 14. The number of carbonyl (C=O) groups is 6. The minimum atomic E-state index is -1.40. The van der Waals surface area contributed by atoms with Crippen molar-refractivity contribution in [3.8, 4) is 0 Å². The normalized spacial score (nSPS) is 16.3. The number of likely N-dealkylation sites (tertiary alicyclic amines) is 1. The van der Waals surface area contributed by atoms with Gasteiger partial charge >= 0.3 is 6.03 Å². The summed E-state index contributed by atoms with van der Waals surface area (Å²) < 4.78 is 0. The lowest BCUT2D eigenvalue weighted by atomic mass is 9.98. The van der Waals surface area contributed by atoms with Crippen molar-refractivity contribution in [3.63, 3.8) is 0 Å². The van der Waals surface area contributed by atoms with E-state index in [2.05, 4.69) is 36.2 Å². The molecule has 2 aliphatic heterocycles. The van der Waals surface area contributed by atoms with Gasteiger partial charge < -0.3 is 31.1 Å². The van der Waals surface area contributed by atoms with Gasteiger partial charge in [-0.2, -0.15) is 4.98 Å². The van der Waals surface area contributed by atoms with Crippen LogP contribution in [0.4, 0.5) is 27.9 Å². The van der Waals surface area contributed by atoms with E-state index < -0.39 is 47.3 Å². The predicted molar refractivity (Wildman–Crippen MR) is 229 cm³/mol. The Morgan fingerprint density at radius 1 is 0.967 bits per heavy atom. The van der Waals surface area contributed by atoms with Crippen LogP contribution in [0, 0.1) is 25.7 Å². The fourth-order valence-electron chi connectivity index (χ4n) is 7.28. The zero-order valence-electron chi connectivity index (χ0n) is 36.5. The molecule has 0 aliphatic carbocycles. The van der Waals surface area contributed by atoms with Crippen LogP contribution in [0.2, 0.25) is 0 Å². The van der Waals surface area contributed by atoms with E-state index in [1.165, 1.54) is 14.7 Å². The maximum Gasteiger partial charge on any atom is 0.330 e. The van der Waals surface area contributed by atoms with Crippen LogP contribution in [0.1, 0.15) is 88.0 Å². The van der Waals surface area contributed by atoms with Crippen molar-refractivity contribution in [1.29, 1.82) is 0 Å². The van der Waals surface area contributed by atoms with Gasteiger partial charge in [0.2, 0.25) is 29.6 Å². The van der Waals surface area contributed by atoms with E-state index in [0.717, 1.165) is 11.3 Å². The number of carbonyl (C=O) groups excluding carboxylic acids is 6. The smallest absolute Gasteiger partial charge is 0.330 e. The van der Waals surface area contributed by atoms with Gasteiger partial charge in [0.1, 0.15) is 29.5 Å². The number of aryl methyl sites for hydroxylation is 2. The van der Waals surface area contributed by atoms with E-state index in [0.29, 0.717) is 54.5 Å². The molecule has 5 rings (SSSR count). The first-order valence-electron chi connectivity index (χ1n) is 20.3. The third-order valence-corrected chi connectivity index (χ3v) is 10.7. The number of likely N-dealkylation sites (N-methyl/N-ethyl adjacent to an activating group) is 1. The lowest BCUT2D eigenvalue weighted by molar-refractivity contribution is -0.143. The van der Waals surface area contributed by atoms with Crippen molar-refractivity contribution in [2.75, 3.05) is 42.8 Å². The highest BCUT2D eigenvalue weighted by atomic mass is 16.2. The molecule has 17 heteroatoms. The standard InChI is InChI=1S/C43H59N11O6/c1-24(2)19-31(38(57)51(9)10)47-40(59)43(7,8)50-37(56)32-13-12-18-53(32)39(58)34(25(3)4)48-36(55)28-16-14-26(5)33(20-28)54-23-29-21-45-41(49-35(29)52(11)42(54)60)46-30-17-15-27(6)44-22-30/h14-17,20-22,24-25,31-32,34H,12-13,18-19,23H2,1-11H3,(H,47,59)(H,48,55)(H,50,56)(H,45,46,49)/t31-,32+,34-/m0/s1. The van der Waals surface area contributed by atoms with Crippen LogP contribution in [0.5, 0.6) is 0 Å². The van der Waals surface area contributed by atoms with Gasteiger partial charge in [0, 0.05) is 56.4 Å². The molecule has 0 spiro atoms. The van der Waals surface area contributed by atoms with Crippen LogP contribution in [0.25, 0.3) is 0 Å². The molecule has 1 aromatic carbocycles. The van der Waals surface area contributed by atoms with Crippen molar-refractivity contribution in [3.05, 3.63) is 65.1 Å². The maximum absolute atomic E-state index is 14.2. The second-order valence-electron chi connectivity index (χ2n) is 17.2. The molecule has 3 aromatic rings. The molecule has 1 fully saturated rings. The Labute approximate surface area is 352 Å². The Morgan fingerprint density at radius 3 is 2.32 bits per heavy atom. The SMILES string of the molecule is Cc1ccc(Nc2ncc3c(n2)N(C)C(=O)N(c2cc(C(=O)N[C@H](C(=O)N4CCC[C@@H]4C(=O)NC(C)(C)C(=O)N[C@@H](CC(C)C)C(=O)N(C)C)C(C)C)ccc2C)C3)cn1. The van der Waals surface area contributed by atoms with Gasteiger partial charge in [-0.1, -0.05) is 33.8 Å². The van der Waals surface area contributed by atoms with Gasteiger partial charge in [-0.3, -0.25) is 38.8 Å². The first-order valence-corrected chi connectivity index (χ1v) is 20.3. The van der Waals surface area contributed by atoms with Gasteiger partial charge in [0.15, 0.2) is 0 Å². The number of amides is 7. The fraction of sp³-hybridized carbons (Fsp3) is 0.512. The predicted octanol–water partition coefficient (Wildman–Crippen LogP) is 4.07. The van der Waals surface area contributed by atoms with Crippen LogP contribution in [-0.2, 0) is 25.7 Å². The summed E-state index contributed by atoms with van der Waals surface area (Å²) in [4.78, 5) is 101. The third kappa shape index (κ3) is 10.2. The number of benzene rings is 1. The van der Waals surface area contributed by atoms with E-state index >= 15 is 0 Å². The molecule has 17 nitrogen and oxygen atoms in total. The van der Waals surface area contributed by atoms with Gasteiger partial charge in [-0.05, 0) is 88.6 Å². The first kappa shape index (κ1) is 45.0. The molecule has 0 bridgehead atoms. The second-order valence-corrected chi connectivity index (χ2v) is 17.2. The Kier molecular flexibility index (Phi) is 13.8. The lowest BCUT2D eigenvalue weighted by Gasteiger charge is -2.35. The molecule has 7 amide bonds. The minimum absolute atomic E-state index is 0.132. The second kappa shape index (κ2) is 18.4.